The first-order valence-electron chi connectivity index (χ1n) is 11.6. The molecule has 1 saturated carbocycles. The zero-order chi connectivity index (χ0) is 23.3. The van der Waals surface area contributed by atoms with Crippen LogP contribution in [0.2, 0.25) is 0 Å². The Kier molecular flexibility index (Phi) is 5.22. The summed E-state index contributed by atoms with van der Waals surface area (Å²) < 4.78 is 39.3. The summed E-state index contributed by atoms with van der Waals surface area (Å²) in [5, 5.41) is 4.32. The van der Waals surface area contributed by atoms with Gasteiger partial charge in [-0.05, 0) is 37.5 Å². The van der Waals surface area contributed by atoms with Crippen LogP contribution in [0.3, 0.4) is 0 Å². The third-order valence-corrected chi connectivity index (χ3v) is 6.90. The van der Waals surface area contributed by atoms with E-state index in [2.05, 4.69) is 25.3 Å². The van der Waals surface area contributed by atoms with Crippen LogP contribution in [0.5, 0.6) is 0 Å². The van der Waals surface area contributed by atoms with Crippen LogP contribution in [0, 0.1) is 6.92 Å². The molecule has 0 amide bonds. The first kappa shape index (κ1) is 21.4. The minimum atomic E-state index is -2.44. The summed E-state index contributed by atoms with van der Waals surface area (Å²) in [4.78, 5) is 16.9. The molecule has 1 aliphatic carbocycles. The molecule has 2 aliphatic rings. The molecule has 0 radical (unpaired) electrons. The lowest BCUT2D eigenvalue weighted by Crippen LogP contribution is -2.39. The Labute approximate surface area is 194 Å². The minimum Gasteiger partial charge on any atom is -0.351 e. The van der Waals surface area contributed by atoms with Crippen LogP contribution in [-0.4, -0.2) is 56.0 Å². The molecule has 10 heteroatoms. The van der Waals surface area contributed by atoms with Gasteiger partial charge in [0.25, 0.3) is 6.43 Å². The van der Waals surface area contributed by atoms with E-state index >= 15 is 0 Å². The number of benzene rings is 1. The van der Waals surface area contributed by atoms with E-state index in [4.69, 9.17) is 9.47 Å². The van der Waals surface area contributed by atoms with Gasteiger partial charge in [-0.2, -0.15) is 4.98 Å². The maximum atomic E-state index is 13.1. The van der Waals surface area contributed by atoms with Gasteiger partial charge in [0.2, 0.25) is 5.95 Å². The van der Waals surface area contributed by atoms with E-state index in [1.165, 1.54) is 0 Å². The highest BCUT2D eigenvalue weighted by Gasteiger charge is 2.40. The Morgan fingerprint density at radius 2 is 2.00 bits per heavy atom. The van der Waals surface area contributed by atoms with Crippen LogP contribution in [0.1, 0.15) is 31.5 Å². The monoisotopic (exact) mass is 468 g/mol. The molecule has 6 rings (SSSR count). The third kappa shape index (κ3) is 3.80. The molecular formula is C24H26F2N6O2. The van der Waals surface area contributed by atoms with Gasteiger partial charge in [-0.15, -0.1) is 0 Å². The molecule has 1 aromatic carbocycles. The van der Waals surface area contributed by atoms with E-state index in [-0.39, 0.29) is 18.4 Å². The second-order valence-electron chi connectivity index (χ2n) is 9.05. The molecule has 0 bridgehead atoms. The van der Waals surface area contributed by atoms with Crippen LogP contribution in [-0.2, 0) is 16.0 Å². The number of hydrogen-bond donors (Lipinski definition) is 2. The zero-order valence-electron chi connectivity index (χ0n) is 18.9. The number of aromatic nitrogens is 5. The number of fused-ring (bicyclic) bond motifs is 2. The summed E-state index contributed by atoms with van der Waals surface area (Å²) >= 11 is 0. The van der Waals surface area contributed by atoms with Crippen molar-refractivity contribution in [2.45, 2.75) is 57.4 Å². The number of rotatable bonds is 5. The Bertz CT molecular complexity index is 1330. The number of nitrogens with one attached hydrogen (secondary N) is 2. The van der Waals surface area contributed by atoms with Gasteiger partial charge < -0.3 is 24.3 Å². The number of aryl methyl sites for hydroxylation is 1. The molecule has 1 spiro atoms. The topological polar surface area (TPSA) is 89.9 Å². The van der Waals surface area contributed by atoms with Gasteiger partial charge in [0.05, 0.1) is 30.8 Å². The lowest BCUT2D eigenvalue weighted by molar-refractivity contribution is -0.177. The first-order valence-corrected chi connectivity index (χ1v) is 11.6. The predicted octanol–water partition coefficient (Wildman–Crippen LogP) is 4.65. The highest BCUT2D eigenvalue weighted by atomic mass is 19.3. The quantitative estimate of drug-likeness (QED) is 0.443. The van der Waals surface area contributed by atoms with E-state index in [0.717, 1.165) is 47.8 Å². The standard InChI is InChI=1S/C24H26F2N6O2/c1-14-29-19-3-2-15(10-20(19)32(14)13-21(25)26)17-11-27-22-18(17)12-28-23(31-22)30-16-4-6-24(7-5-16)33-8-9-34-24/h2-3,10-12,16,21H,4-9,13H2,1H3,(H2,27,28,30,31). The van der Waals surface area contributed by atoms with E-state index < -0.39 is 6.43 Å². The van der Waals surface area contributed by atoms with Crippen LogP contribution in [0.4, 0.5) is 14.7 Å². The third-order valence-electron chi connectivity index (χ3n) is 6.90. The second kappa shape index (κ2) is 8.28. The molecule has 8 nitrogen and oxygen atoms in total. The van der Waals surface area contributed by atoms with E-state index in [1.54, 1.807) is 17.7 Å². The summed E-state index contributed by atoms with van der Waals surface area (Å²) in [5.74, 6) is 0.767. The van der Waals surface area contributed by atoms with E-state index in [1.807, 2.05) is 24.4 Å². The number of imidazole rings is 1. The van der Waals surface area contributed by atoms with Crippen molar-refractivity contribution in [2.75, 3.05) is 18.5 Å². The van der Waals surface area contributed by atoms with Crippen molar-refractivity contribution in [3.63, 3.8) is 0 Å². The largest absolute Gasteiger partial charge is 0.351 e. The summed E-state index contributed by atoms with van der Waals surface area (Å²) in [6.45, 7) is 2.72. The number of aromatic amines is 1. The maximum Gasteiger partial charge on any atom is 0.256 e. The number of ether oxygens (including phenoxy) is 2. The van der Waals surface area contributed by atoms with Gasteiger partial charge >= 0.3 is 0 Å². The van der Waals surface area contributed by atoms with Gasteiger partial charge in [0.15, 0.2) is 5.79 Å². The molecule has 4 aromatic rings. The van der Waals surface area contributed by atoms with Crippen molar-refractivity contribution in [1.82, 2.24) is 24.5 Å². The average Bonchev–Trinajstić information content (AvgIpc) is 3.53. The van der Waals surface area contributed by atoms with Crippen molar-refractivity contribution < 1.29 is 18.3 Å². The fourth-order valence-electron chi connectivity index (χ4n) is 5.17. The second-order valence-corrected chi connectivity index (χ2v) is 9.05. The average molecular weight is 469 g/mol. The summed E-state index contributed by atoms with van der Waals surface area (Å²) in [6, 6.07) is 5.98. The SMILES string of the molecule is Cc1nc2ccc(-c3c[nH]c4nc(NC5CCC6(CC5)OCCO6)ncc34)cc2n1CC(F)F. The zero-order valence-corrected chi connectivity index (χ0v) is 18.9. The van der Waals surface area contributed by atoms with Crippen molar-refractivity contribution in [3.05, 3.63) is 36.4 Å². The van der Waals surface area contributed by atoms with Crippen molar-refractivity contribution in [3.8, 4) is 11.1 Å². The highest BCUT2D eigenvalue weighted by Crippen LogP contribution is 2.37. The molecule has 4 heterocycles. The number of nitrogens with zero attached hydrogens (tertiary/aromatic N) is 4. The highest BCUT2D eigenvalue weighted by molar-refractivity contribution is 5.95. The Balaban J connectivity index is 1.24. The molecule has 0 unspecified atom stereocenters. The molecular weight excluding hydrogens is 442 g/mol. The summed E-state index contributed by atoms with van der Waals surface area (Å²) in [6.07, 6.45) is 4.83. The molecule has 1 aliphatic heterocycles. The smallest absolute Gasteiger partial charge is 0.256 e. The summed E-state index contributed by atoms with van der Waals surface area (Å²) in [5.41, 5.74) is 3.93. The van der Waals surface area contributed by atoms with Crippen LogP contribution >= 0.6 is 0 Å². The minimum absolute atomic E-state index is 0.270. The van der Waals surface area contributed by atoms with Crippen LogP contribution in [0.15, 0.2) is 30.6 Å². The molecule has 3 aromatic heterocycles. The number of H-pyrrole nitrogens is 1. The van der Waals surface area contributed by atoms with Crippen molar-refractivity contribution >= 4 is 28.0 Å². The van der Waals surface area contributed by atoms with Crippen molar-refractivity contribution in [2.24, 2.45) is 0 Å². The fraction of sp³-hybridized carbons (Fsp3) is 0.458. The van der Waals surface area contributed by atoms with Gasteiger partial charge in [0.1, 0.15) is 11.5 Å². The normalized spacial score (nSPS) is 18.6. The van der Waals surface area contributed by atoms with Crippen LogP contribution in [0.25, 0.3) is 33.2 Å². The number of hydrogen-bond acceptors (Lipinski definition) is 6. The lowest BCUT2D eigenvalue weighted by Gasteiger charge is -2.35. The Hall–Kier alpha value is -3.11. The molecule has 2 N–H and O–H groups in total. The summed E-state index contributed by atoms with van der Waals surface area (Å²) in [7, 11) is 0. The van der Waals surface area contributed by atoms with Gasteiger partial charge in [-0.3, -0.25) is 0 Å². The molecule has 2 fully saturated rings. The number of halogens is 2. The van der Waals surface area contributed by atoms with Crippen LogP contribution < -0.4 is 5.32 Å². The first-order chi connectivity index (χ1) is 16.5. The molecule has 34 heavy (non-hydrogen) atoms. The van der Waals surface area contributed by atoms with E-state index in [0.29, 0.717) is 36.0 Å². The van der Waals surface area contributed by atoms with Gasteiger partial charge in [0, 0.05) is 42.2 Å². The lowest BCUT2D eigenvalue weighted by atomic mass is 9.90. The fourth-order valence-corrected chi connectivity index (χ4v) is 5.17. The Morgan fingerprint density at radius 3 is 2.76 bits per heavy atom. The van der Waals surface area contributed by atoms with Gasteiger partial charge in [-0.1, -0.05) is 6.07 Å². The van der Waals surface area contributed by atoms with Gasteiger partial charge in [-0.25, -0.2) is 18.7 Å². The van der Waals surface area contributed by atoms with E-state index in [9.17, 15) is 8.78 Å². The predicted molar refractivity (Wildman–Crippen MR) is 124 cm³/mol. The Morgan fingerprint density at radius 1 is 1.21 bits per heavy atom. The van der Waals surface area contributed by atoms with Crippen molar-refractivity contribution in [1.29, 1.82) is 0 Å². The maximum absolute atomic E-state index is 13.1. The molecule has 1 saturated heterocycles. The molecule has 178 valence electrons. The number of anilines is 1. The molecule has 0 atom stereocenters. The number of alkyl halides is 2.